The molecule has 20 heavy (non-hydrogen) atoms. The van der Waals surface area contributed by atoms with Crippen LogP contribution >= 0.6 is 11.6 Å². The molecule has 0 amide bonds. The largest absolute Gasteiger partial charge is 0.473 e. The number of hydrogen-bond donors (Lipinski definition) is 2. The van der Waals surface area contributed by atoms with Gasteiger partial charge in [-0.1, -0.05) is 37.1 Å². The Kier molecular flexibility index (Phi) is 9.41. The van der Waals surface area contributed by atoms with E-state index >= 15 is 0 Å². The molecule has 1 aromatic rings. The first-order chi connectivity index (χ1) is 9.36. The van der Waals surface area contributed by atoms with Gasteiger partial charge in [-0.15, -0.1) is 0 Å². The van der Waals surface area contributed by atoms with Gasteiger partial charge in [0.15, 0.2) is 0 Å². The predicted octanol–water partition coefficient (Wildman–Crippen LogP) is 2.73. The minimum absolute atomic E-state index is 0.810. The van der Waals surface area contributed by atoms with Crippen LogP contribution in [-0.2, 0) is 16.1 Å². The molecular weight excluding hydrogens is 282 g/mol. The van der Waals surface area contributed by atoms with Crippen molar-refractivity contribution >= 4 is 23.5 Å². The highest BCUT2D eigenvalue weighted by Crippen LogP contribution is 2.11. The summed E-state index contributed by atoms with van der Waals surface area (Å²) in [5, 5.41) is 15.6. The van der Waals surface area contributed by atoms with Crippen LogP contribution in [0.3, 0.4) is 0 Å². The highest BCUT2D eigenvalue weighted by Gasteiger charge is 2.04. The van der Waals surface area contributed by atoms with E-state index in [4.69, 9.17) is 31.4 Å². The molecule has 0 heterocycles. The van der Waals surface area contributed by atoms with Crippen molar-refractivity contribution < 1.29 is 19.8 Å². The fourth-order valence-corrected chi connectivity index (χ4v) is 1.53. The minimum Gasteiger partial charge on any atom is -0.473 e. The zero-order valence-corrected chi connectivity index (χ0v) is 12.4. The molecule has 0 aliphatic heterocycles. The molecule has 0 saturated heterocycles. The summed E-state index contributed by atoms with van der Waals surface area (Å²) in [7, 11) is 2.16. The Balaban J connectivity index is 0.000000511. The van der Waals surface area contributed by atoms with Gasteiger partial charge >= 0.3 is 11.9 Å². The van der Waals surface area contributed by atoms with Gasteiger partial charge in [0.05, 0.1) is 0 Å². The van der Waals surface area contributed by atoms with E-state index in [0.29, 0.717) is 0 Å². The third-order valence-electron chi connectivity index (χ3n) is 2.44. The molecule has 0 aliphatic rings. The van der Waals surface area contributed by atoms with Gasteiger partial charge in [0.2, 0.25) is 0 Å². The quantitative estimate of drug-likeness (QED) is 0.818. The van der Waals surface area contributed by atoms with Gasteiger partial charge in [0.25, 0.3) is 0 Å². The lowest BCUT2D eigenvalue weighted by Gasteiger charge is -2.15. The summed E-state index contributed by atoms with van der Waals surface area (Å²) in [5.74, 6) is -3.65. The SMILES string of the molecule is CCCCN(C)Cc1ccc(Cl)cc1.O=C(O)C(=O)O. The lowest BCUT2D eigenvalue weighted by Crippen LogP contribution is -2.18. The molecule has 0 bridgehead atoms. The monoisotopic (exact) mass is 301 g/mol. The van der Waals surface area contributed by atoms with Crippen molar-refractivity contribution in [3.05, 3.63) is 34.9 Å². The fraction of sp³-hybridized carbons (Fsp3) is 0.429. The number of carbonyl (C=O) groups is 2. The van der Waals surface area contributed by atoms with Gasteiger partial charge in [-0.3, -0.25) is 0 Å². The second-order valence-electron chi connectivity index (χ2n) is 4.33. The molecule has 0 unspecified atom stereocenters. The summed E-state index contributed by atoms with van der Waals surface area (Å²) in [6.45, 7) is 4.40. The number of unbranched alkanes of at least 4 members (excludes halogenated alkanes) is 1. The molecule has 1 aromatic carbocycles. The average molecular weight is 302 g/mol. The number of halogens is 1. The zero-order chi connectivity index (χ0) is 15.5. The van der Waals surface area contributed by atoms with Gasteiger partial charge in [-0.05, 0) is 37.7 Å². The van der Waals surface area contributed by atoms with Gasteiger partial charge in [-0.2, -0.15) is 0 Å². The molecule has 1 rings (SSSR count). The average Bonchev–Trinajstić information content (AvgIpc) is 2.39. The van der Waals surface area contributed by atoms with Gasteiger partial charge in [0.1, 0.15) is 0 Å². The van der Waals surface area contributed by atoms with Crippen LogP contribution in [-0.4, -0.2) is 40.6 Å². The first kappa shape index (κ1) is 18.4. The van der Waals surface area contributed by atoms with E-state index < -0.39 is 11.9 Å². The van der Waals surface area contributed by atoms with Crippen LogP contribution in [0.5, 0.6) is 0 Å². The van der Waals surface area contributed by atoms with Gasteiger partial charge in [0, 0.05) is 11.6 Å². The molecule has 5 nitrogen and oxygen atoms in total. The minimum atomic E-state index is -1.82. The third-order valence-corrected chi connectivity index (χ3v) is 2.69. The summed E-state index contributed by atoms with van der Waals surface area (Å²) >= 11 is 5.82. The number of carboxylic acid groups (broad SMARTS) is 2. The maximum Gasteiger partial charge on any atom is 0.414 e. The number of carboxylic acids is 2. The predicted molar refractivity (Wildman–Crippen MR) is 78.0 cm³/mol. The van der Waals surface area contributed by atoms with E-state index in [1.54, 1.807) is 0 Å². The first-order valence-corrected chi connectivity index (χ1v) is 6.63. The topological polar surface area (TPSA) is 77.8 Å². The highest BCUT2D eigenvalue weighted by molar-refractivity contribution is 6.30. The van der Waals surface area contributed by atoms with E-state index in [0.717, 1.165) is 11.6 Å². The van der Waals surface area contributed by atoms with Crippen LogP contribution in [0.15, 0.2) is 24.3 Å². The number of aliphatic carboxylic acids is 2. The van der Waals surface area contributed by atoms with Crippen molar-refractivity contribution in [1.29, 1.82) is 0 Å². The Bertz CT molecular complexity index is 408. The number of nitrogens with zero attached hydrogens (tertiary/aromatic N) is 1. The van der Waals surface area contributed by atoms with E-state index in [1.807, 2.05) is 12.1 Å². The van der Waals surface area contributed by atoms with Gasteiger partial charge in [-0.25, -0.2) is 9.59 Å². The second-order valence-corrected chi connectivity index (χ2v) is 4.76. The maximum atomic E-state index is 9.10. The molecule has 0 aliphatic carbocycles. The Labute approximate surface area is 123 Å². The van der Waals surface area contributed by atoms with Crippen molar-refractivity contribution in [3.8, 4) is 0 Å². The van der Waals surface area contributed by atoms with E-state index in [-0.39, 0.29) is 0 Å². The third kappa shape index (κ3) is 9.35. The highest BCUT2D eigenvalue weighted by atomic mass is 35.5. The fourth-order valence-electron chi connectivity index (χ4n) is 1.41. The molecule has 0 atom stereocenters. The van der Waals surface area contributed by atoms with Crippen LogP contribution in [0.25, 0.3) is 0 Å². The van der Waals surface area contributed by atoms with Crippen LogP contribution < -0.4 is 0 Å². The van der Waals surface area contributed by atoms with Crippen molar-refractivity contribution in [1.82, 2.24) is 4.90 Å². The summed E-state index contributed by atoms with van der Waals surface area (Å²) in [5.41, 5.74) is 1.33. The normalized spacial score (nSPS) is 9.80. The Morgan fingerprint density at radius 3 is 2.05 bits per heavy atom. The summed E-state index contributed by atoms with van der Waals surface area (Å²) in [6, 6.07) is 8.07. The molecular formula is C14H20ClNO4. The summed E-state index contributed by atoms with van der Waals surface area (Å²) in [6.07, 6.45) is 2.52. The van der Waals surface area contributed by atoms with Gasteiger partial charge < -0.3 is 15.1 Å². The molecule has 2 N–H and O–H groups in total. The Hall–Kier alpha value is -1.59. The lowest BCUT2D eigenvalue weighted by molar-refractivity contribution is -0.159. The number of rotatable bonds is 5. The standard InChI is InChI=1S/C12H18ClN.C2H2O4/c1-3-4-9-14(2)10-11-5-7-12(13)8-6-11;3-1(4)2(5)6/h5-8H,3-4,9-10H2,1-2H3;(H,3,4)(H,5,6). The van der Waals surface area contributed by atoms with Crippen molar-refractivity contribution in [2.24, 2.45) is 0 Å². The second kappa shape index (κ2) is 10.2. The zero-order valence-electron chi connectivity index (χ0n) is 11.7. The van der Waals surface area contributed by atoms with Crippen LogP contribution in [0, 0.1) is 0 Å². The number of benzene rings is 1. The number of hydrogen-bond acceptors (Lipinski definition) is 3. The molecule has 0 aromatic heterocycles. The molecule has 0 spiro atoms. The van der Waals surface area contributed by atoms with E-state index in [2.05, 4.69) is 31.0 Å². The Morgan fingerprint density at radius 2 is 1.65 bits per heavy atom. The molecule has 6 heteroatoms. The van der Waals surface area contributed by atoms with Crippen molar-refractivity contribution in [2.75, 3.05) is 13.6 Å². The first-order valence-electron chi connectivity index (χ1n) is 6.26. The van der Waals surface area contributed by atoms with E-state index in [1.165, 1.54) is 24.9 Å². The Morgan fingerprint density at radius 1 is 1.15 bits per heavy atom. The molecule has 112 valence electrons. The smallest absolute Gasteiger partial charge is 0.414 e. The molecule has 0 fully saturated rings. The van der Waals surface area contributed by atoms with Crippen LogP contribution in [0.1, 0.15) is 25.3 Å². The maximum absolute atomic E-state index is 9.10. The van der Waals surface area contributed by atoms with Crippen molar-refractivity contribution in [3.63, 3.8) is 0 Å². The summed E-state index contributed by atoms with van der Waals surface area (Å²) in [4.78, 5) is 20.5. The summed E-state index contributed by atoms with van der Waals surface area (Å²) < 4.78 is 0. The van der Waals surface area contributed by atoms with Crippen molar-refractivity contribution in [2.45, 2.75) is 26.3 Å². The molecule has 0 saturated carbocycles. The van der Waals surface area contributed by atoms with Crippen LogP contribution in [0.2, 0.25) is 5.02 Å². The van der Waals surface area contributed by atoms with E-state index in [9.17, 15) is 0 Å². The molecule has 0 radical (unpaired) electrons. The lowest BCUT2D eigenvalue weighted by atomic mass is 10.2. The van der Waals surface area contributed by atoms with Crippen LogP contribution in [0.4, 0.5) is 0 Å².